The monoisotopic (exact) mass is 364 g/mol. The van der Waals surface area contributed by atoms with Crippen molar-refractivity contribution in [3.8, 4) is 0 Å². The lowest BCUT2D eigenvalue weighted by molar-refractivity contribution is 0.0556. The number of rotatable bonds is 4. The zero-order chi connectivity index (χ0) is 17.5. The van der Waals surface area contributed by atoms with Gasteiger partial charge in [0.05, 0.1) is 12.1 Å². The fourth-order valence-electron chi connectivity index (χ4n) is 4.22. The van der Waals surface area contributed by atoms with Crippen LogP contribution in [0.25, 0.3) is 0 Å². The topological polar surface area (TPSA) is 41.4 Å². The molecule has 0 aliphatic carbocycles. The number of aromatic nitrogens is 2. The van der Waals surface area contributed by atoms with Crippen molar-refractivity contribution in [3.63, 3.8) is 0 Å². The minimum absolute atomic E-state index is 0.123. The van der Waals surface area contributed by atoms with Gasteiger partial charge in [0.15, 0.2) is 0 Å². The fourth-order valence-corrected chi connectivity index (χ4v) is 4.96. The SMILES string of the molecule is O=C1c2cccn2[C@H]2CN(Cc3cccs3)C[C@H]2N1Cc1cccnc1. The smallest absolute Gasteiger partial charge is 0.271 e. The van der Waals surface area contributed by atoms with Gasteiger partial charge in [0.2, 0.25) is 0 Å². The van der Waals surface area contributed by atoms with Crippen molar-refractivity contribution in [2.24, 2.45) is 0 Å². The van der Waals surface area contributed by atoms with Crippen molar-refractivity contribution in [1.82, 2.24) is 19.4 Å². The van der Waals surface area contributed by atoms with Crippen LogP contribution < -0.4 is 0 Å². The molecule has 2 atom stereocenters. The van der Waals surface area contributed by atoms with E-state index in [1.807, 2.05) is 35.4 Å². The van der Waals surface area contributed by atoms with E-state index in [1.165, 1.54) is 4.88 Å². The molecule has 2 aliphatic heterocycles. The van der Waals surface area contributed by atoms with Gasteiger partial charge >= 0.3 is 0 Å². The molecular weight excluding hydrogens is 344 g/mol. The largest absolute Gasteiger partial charge is 0.337 e. The van der Waals surface area contributed by atoms with Gasteiger partial charge < -0.3 is 9.47 Å². The van der Waals surface area contributed by atoms with Crippen molar-refractivity contribution in [1.29, 1.82) is 0 Å². The summed E-state index contributed by atoms with van der Waals surface area (Å²) in [7, 11) is 0. The third-order valence-corrected chi connectivity index (χ3v) is 6.25. The zero-order valence-corrected chi connectivity index (χ0v) is 15.2. The number of nitrogens with zero attached hydrogens (tertiary/aromatic N) is 4. The Balaban J connectivity index is 1.45. The van der Waals surface area contributed by atoms with E-state index in [2.05, 4.69) is 38.2 Å². The lowest BCUT2D eigenvalue weighted by atomic mass is 10.0. The molecule has 6 heteroatoms. The first-order chi connectivity index (χ1) is 12.8. The second-order valence-electron chi connectivity index (χ2n) is 7.00. The van der Waals surface area contributed by atoms with Crippen molar-refractivity contribution in [3.05, 3.63) is 76.5 Å². The highest BCUT2D eigenvalue weighted by Gasteiger charge is 2.44. The van der Waals surface area contributed by atoms with Gasteiger partial charge in [-0.1, -0.05) is 12.1 Å². The third-order valence-electron chi connectivity index (χ3n) is 5.39. The summed E-state index contributed by atoms with van der Waals surface area (Å²) in [5.74, 6) is 0.123. The van der Waals surface area contributed by atoms with Gasteiger partial charge in [-0.05, 0) is 35.2 Å². The molecule has 0 bridgehead atoms. The number of thiophene rings is 1. The summed E-state index contributed by atoms with van der Waals surface area (Å²) in [6.45, 7) is 3.45. The van der Waals surface area contributed by atoms with Crippen molar-refractivity contribution < 1.29 is 4.79 Å². The molecular formula is C20H20N4OS. The van der Waals surface area contributed by atoms with Crippen molar-refractivity contribution in [2.45, 2.75) is 25.2 Å². The maximum Gasteiger partial charge on any atom is 0.271 e. The van der Waals surface area contributed by atoms with Gasteiger partial charge in [-0.3, -0.25) is 14.7 Å². The molecule has 0 spiro atoms. The van der Waals surface area contributed by atoms with E-state index in [9.17, 15) is 4.79 Å². The van der Waals surface area contributed by atoms with Gasteiger partial charge in [-0.25, -0.2) is 0 Å². The standard InChI is InChI=1S/C20H20N4OS/c25-20-17-6-2-8-23(17)18-13-22(12-16-5-3-9-26-16)14-19(18)24(20)11-15-4-1-7-21-10-15/h1-10,18-19H,11-14H2/t18-,19+/m0/s1. The van der Waals surface area contributed by atoms with Crippen LogP contribution in [0.3, 0.4) is 0 Å². The molecule has 0 radical (unpaired) electrons. The molecule has 26 heavy (non-hydrogen) atoms. The second-order valence-corrected chi connectivity index (χ2v) is 8.04. The van der Waals surface area contributed by atoms with Crippen molar-refractivity contribution in [2.75, 3.05) is 13.1 Å². The Hall–Kier alpha value is -2.44. The first-order valence-corrected chi connectivity index (χ1v) is 9.79. The highest BCUT2D eigenvalue weighted by molar-refractivity contribution is 7.09. The molecule has 3 aromatic rings. The number of amides is 1. The molecule has 2 aliphatic rings. The molecule has 0 unspecified atom stereocenters. The van der Waals surface area contributed by atoms with Crippen LogP contribution in [0.15, 0.2) is 60.4 Å². The molecule has 0 saturated carbocycles. The fraction of sp³-hybridized carbons (Fsp3) is 0.300. The van der Waals surface area contributed by atoms with Crippen molar-refractivity contribution >= 4 is 17.2 Å². The number of carbonyl (C=O) groups is 1. The summed E-state index contributed by atoms with van der Waals surface area (Å²) in [6, 6.07) is 12.7. The van der Waals surface area contributed by atoms with Crippen LogP contribution in [-0.2, 0) is 13.1 Å². The summed E-state index contributed by atoms with van der Waals surface area (Å²) < 4.78 is 2.18. The molecule has 1 amide bonds. The Morgan fingerprint density at radius 1 is 1.08 bits per heavy atom. The van der Waals surface area contributed by atoms with E-state index < -0.39 is 0 Å². The van der Waals surface area contributed by atoms with Crippen LogP contribution in [0.4, 0.5) is 0 Å². The average molecular weight is 364 g/mol. The molecule has 0 aromatic carbocycles. The van der Waals surface area contributed by atoms with Gasteiger partial charge in [0.1, 0.15) is 5.69 Å². The van der Waals surface area contributed by atoms with E-state index in [0.717, 1.165) is 30.9 Å². The summed E-state index contributed by atoms with van der Waals surface area (Å²) in [5.41, 5.74) is 1.88. The summed E-state index contributed by atoms with van der Waals surface area (Å²) in [6.07, 6.45) is 5.68. The lowest BCUT2D eigenvalue weighted by Gasteiger charge is -2.38. The number of pyridine rings is 1. The first kappa shape index (κ1) is 15.8. The number of likely N-dealkylation sites (tertiary alicyclic amines) is 1. The maximum absolute atomic E-state index is 13.1. The third kappa shape index (κ3) is 2.66. The van der Waals surface area contributed by atoms with E-state index in [4.69, 9.17) is 0 Å². The molecule has 132 valence electrons. The zero-order valence-electron chi connectivity index (χ0n) is 14.4. The normalized spacial score (nSPS) is 22.5. The highest BCUT2D eigenvalue weighted by atomic mass is 32.1. The van der Waals surface area contributed by atoms with E-state index in [0.29, 0.717) is 12.6 Å². The first-order valence-electron chi connectivity index (χ1n) is 8.91. The summed E-state index contributed by atoms with van der Waals surface area (Å²) in [5, 5.41) is 2.13. The maximum atomic E-state index is 13.1. The second kappa shape index (κ2) is 6.37. The number of fused-ring (bicyclic) bond motifs is 3. The van der Waals surface area contributed by atoms with Gasteiger partial charge in [-0.15, -0.1) is 11.3 Å². The number of hydrogen-bond donors (Lipinski definition) is 0. The van der Waals surface area contributed by atoms with E-state index in [1.54, 1.807) is 17.5 Å². The predicted molar refractivity (Wildman–Crippen MR) is 101 cm³/mol. The Kier molecular flexibility index (Phi) is 3.87. The highest BCUT2D eigenvalue weighted by Crippen LogP contribution is 2.35. The molecule has 5 nitrogen and oxygen atoms in total. The van der Waals surface area contributed by atoms with Crippen LogP contribution >= 0.6 is 11.3 Å². The number of hydrogen-bond acceptors (Lipinski definition) is 4. The predicted octanol–water partition coefficient (Wildman–Crippen LogP) is 3.03. The molecule has 5 rings (SSSR count). The van der Waals surface area contributed by atoms with Crippen LogP contribution in [0.5, 0.6) is 0 Å². The van der Waals surface area contributed by atoms with Gasteiger partial charge in [0, 0.05) is 49.6 Å². The summed E-state index contributed by atoms with van der Waals surface area (Å²) in [4.78, 5) is 23.2. The minimum atomic E-state index is 0.123. The minimum Gasteiger partial charge on any atom is -0.337 e. The van der Waals surface area contributed by atoms with Crippen LogP contribution in [-0.4, -0.2) is 44.4 Å². The number of carbonyl (C=O) groups excluding carboxylic acids is 1. The quantitative estimate of drug-likeness (QED) is 0.715. The molecule has 3 aromatic heterocycles. The van der Waals surface area contributed by atoms with Crippen LogP contribution in [0.2, 0.25) is 0 Å². The Bertz CT molecular complexity index is 905. The molecule has 0 N–H and O–H groups in total. The Morgan fingerprint density at radius 3 is 2.81 bits per heavy atom. The molecule has 5 heterocycles. The summed E-state index contributed by atoms with van der Waals surface area (Å²) >= 11 is 1.80. The van der Waals surface area contributed by atoms with Crippen LogP contribution in [0, 0.1) is 0 Å². The van der Waals surface area contributed by atoms with E-state index in [-0.39, 0.29) is 11.9 Å². The Morgan fingerprint density at radius 2 is 2.00 bits per heavy atom. The van der Waals surface area contributed by atoms with E-state index >= 15 is 0 Å². The molecule has 1 fully saturated rings. The van der Waals surface area contributed by atoms with Gasteiger partial charge in [0.25, 0.3) is 5.91 Å². The molecule has 1 saturated heterocycles. The Labute approximate surface area is 156 Å². The average Bonchev–Trinajstić information content (AvgIpc) is 3.40. The van der Waals surface area contributed by atoms with Gasteiger partial charge in [-0.2, -0.15) is 0 Å². The lowest BCUT2D eigenvalue weighted by Crippen LogP contribution is -2.49. The van der Waals surface area contributed by atoms with Crippen LogP contribution in [0.1, 0.15) is 27.0 Å².